The normalized spacial score (nSPS) is 10.5. The van der Waals surface area contributed by atoms with Crippen LogP contribution in [0.5, 0.6) is 0 Å². The van der Waals surface area contributed by atoms with E-state index in [0.29, 0.717) is 12.2 Å². The van der Waals surface area contributed by atoms with E-state index in [0.717, 1.165) is 5.56 Å². The maximum atomic E-state index is 12.2. The van der Waals surface area contributed by atoms with Crippen LogP contribution >= 0.6 is 0 Å². The standard InChI is InChI=1S/C20H17N5O2/c26-19(22-13-15-7-2-1-3-8-15)17-10-6-11-18(24-17)20(27)25-23-14-16-9-4-5-12-21-16/h1-12,14H,13H2,(H,22,26)(H,25,27)/b23-14-. The van der Waals surface area contributed by atoms with Crippen molar-refractivity contribution in [2.45, 2.75) is 6.54 Å². The Balaban J connectivity index is 1.59. The molecule has 0 aliphatic heterocycles. The summed E-state index contributed by atoms with van der Waals surface area (Å²) >= 11 is 0. The second-order valence-electron chi connectivity index (χ2n) is 5.53. The molecule has 7 heteroatoms. The Morgan fingerprint density at radius 2 is 1.63 bits per heavy atom. The number of benzene rings is 1. The maximum absolute atomic E-state index is 12.2. The molecule has 3 aromatic rings. The van der Waals surface area contributed by atoms with E-state index in [1.165, 1.54) is 12.3 Å². The van der Waals surface area contributed by atoms with E-state index in [4.69, 9.17) is 0 Å². The lowest BCUT2D eigenvalue weighted by Gasteiger charge is -2.06. The van der Waals surface area contributed by atoms with E-state index < -0.39 is 5.91 Å². The third-order valence-electron chi connectivity index (χ3n) is 3.56. The molecule has 0 atom stereocenters. The summed E-state index contributed by atoms with van der Waals surface area (Å²) in [4.78, 5) is 32.6. The number of hydrogen-bond donors (Lipinski definition) is 2. The van der Waals surface area contributed by atoms with Crippen LogP contribution in [0, 0.1) is 0 Å². The van der Waals surface area contributed by atoms with Gasteiger partial charge in [0.05, 0.1) is 11.9 Å². The van der Waals surface area contributed by atoms with Crippen LogP contribution < -0.4 is 10.7 Å². The van der Waals surface area contributed by atoms with Crippen LogP contribution in [0.15, 0.2) is 78.0 Å². The Morgan fingerprint density at radius 1 is 0.889 bits per heavy atom. The molecule has 0 spiro atoms. The van der Waals surface area contributed by atoms with E-state index >= 15 is 0 Å². The van der Waals surface area contributed by atoms with Gasteiger partial charge in [-0.3, -0.25) is 14.6 Å². The Morgan fingerprint density at radius 3 is 2.37 bits per heavy atom. The number of carbonyl (C=O) groups excluding carboxylic acids is 2. The van der Waals surface area contributed by atoms with Crippen LogP contribution in [0.25, 0.3) is 0 Å². The molecule has 1 aromatic carbocycles. The molecule has 2 amide bonds. The highest BCUT2D eigenvalue weighted by molar-refractivity contribution is 5.96. The van der Waals surface area contributed by atoms with Crippen LogP contribution in [0.4, 0.5) is 0 Å². The van der Waals surface area contributed by atoms with Gasteiger partial charge in [0.1, 0.15) is 11.4 Å². The van der Waals surface area contributed by atoms with Gasteiger partial charge in [-0.15, -0.1) is 0 Å². The first-order chi connectivity index (χ1) is 13.2. The summed E-state index contributed by atoms with van der Waals surface area (Å²) in [5.41, 5.74) is 4.21. The summed E-state index contributed by atoms with van der Waals surface area (Å²) in [6, 6.07) is 19.6. The quantitative estimate of drug-likeness (QED) is 0.521. The van der Waals surface area contributed by atoms with E-state index in [-0.39, 0.29) is 17.3 Å². The van der Waals surface area contributed by atoms with Gasteiger partial charge >= 0.3 is 0 Å². The molecule has 2 heterocycles. The lowest BCUT2D eigenvalue weighted by atomic mass is 10.2. The zero-order chi connectivity index (χ0) is 18.9. The predicted octanol–water partition coefficient (Wildman–Crippen LogP) is 2.17. The summed E-state index contributed by atoms with van der Waals surface area (Å²) in [6.45, 7) is 0.381. The SMILES string of the molecule is O=C(NCc1ccccc1)c1cccc(C(=O)N/N=C\c2ccccn2)n1. The minimum Gasteiger partial charge on any atom is -0.347 e. The maximum Gasteiger partial charge on any atom is 0.289 e. The highest BCUT2D eigenvalue weighted by atomic mass is 16.2. The Bertz CT molecular complexity index is 943. The smallest absolute Gasteiger partial charge is 0.289 e. The molecule has 0 aliphatic carbocycles. The van der Waals surface area contributed by atoms with Gasteiger partial charge in [-0.1, -0.05) is 42.5 Å². The van der Waals surface area contributed by atoms with Gasteiger partial charge in [0, 0.05) is 12.7 Å². The van der Waals surface area contributed by atoms with E-state index in [2.05, 4.69) is 25.8 Å². The number of pyridine rings is 2. The van der Waals surface area contributed by atoms with Crippen molar-refractivity contribution in [1.82, 2.24) is 20.7 Å². The predicted molar refractivity (Wildman–Crippen MR) is 101 cm³/mol. The van der Waals surface area contributed by atoms with E-state index in [1.54, 1.807) is 30.5 Å². The Hall–Kier alpha value is -3.87. The van der Waals surface area contributed by atoms with Crippen molar-refractivity contribution in [2.24, 2.45) is 5.10 Å². The first-order valence-electron chi connectivity index (χ1n) is 8.26. The fourth-order valence-corrected chi connectivity index (χ4v) is 2.22. The number of hydrazone groups is 1. The lowest BCUT2D eigenvalue weighted by molar-refractivity contribution is 0.0943. The van der Waals surface area contributed by atoms with Crippen molar-refractivity contribution in [3.63, 3.8) is 0 Å². The number of rotatable bonds is 6. The van der Waals surface area contributed by atoms with E-state index in [1.807, 2.05) is 36.4 Å². The van der Waals surface area contributed by atoms with Gasteiger partial charge in [-0.05, 0) is 29.8 Å². The van der Waals surface area contributed by atoms with Crippen molar-refractivity contribution in [3.05, 3.63) is 95.6 Å². The summed E-state index contributed by atoms with van der Waals surface area (Å²) in [5, 5.41) is 6.62. The molecule has 0 radical (unpaired) electrons. The zero-order valence-corrected chi connectivity index (χ0v) is 14.4. The Labute approximate surface area is 156 Å². The molecule has 3 rings (SSSR count). The monoisotopic (exact) mass is 359 g/mol. The van der Waals surface area contributed by atoms with Gasteiger partial charge in [-0.2, -0.15) is 5.10 Å². The highest BCUT2D eigenvalue weighted by Gasteiger charge is 2.11. The molecule has 0 aliphatic rings. The molecular weight excluding hydrogens is 342 g/mol. The summed E-state index contributed by atoms with van der Waals surface area (Å²) in [6.07, 6.45) is 3.05. The topological polar surface area (TPSA) is 96.3 Å². The minimum atomic E-state index is -0.514. The summed E-state index contributed by atoms with van der Waals surface area (Å²) in [5.74, 6) is -0.870. The number of carbonyl (C=O) groups is 2. The van der Waals surface area contributed by atoms with E-state index in [9.17, 15) is 9.59 Å². The van der Waals surface area contributed by atoms with Crippen molar-refractivity contribution in [3.8, 4) is 0 Å². The van der Waals surface area contributed by atoms with Gasteiger partial charge in [0.15, 0.2) is 0 Å². The molecule has 0 saturated carbocycles. The molecule has 2 N–H and O–H groups in total. The molecule has 0 bridgehead atoms. The van der Waals surface area contributed by atoms with Crippen LogP contribution in [-0.2, 0) is 6.54 Å². The number of amides is 2. The number of aromatic nitrogens is 2. The average Bonchev–Trinajstić information content (AvgIpc) is 2.73. The number of hydrogen-bond acceptors (Lipinski definition) is 5. The molecule has 0 unspecified atom stereocenters. The number of nitrogens with one attached hydrogen (secondary N) is 2. The Kier molecular flexibility index (Phi) is 5.98. The van der Waals surface area contributed by atoms with Gasteiger partial charge < -0.3 is 5.32 Å². The molecule has 134 valence electrons. The summed E-state index contributed by atoms with van der Waals surface area (Å²) < 4.78 is 0. The van der Waals surface area contributed by atoms with Gasteiger partial charge in [-0.25, -0.2) is 10.4 Å². The lowest BCUT2D eigenvalue weighted by Crippen LogP contribution is -2.25. The third-order valence-corrected chi connectivity index (χ3v) is 3.56. The zero-order valence-electron chi connectivity index (χ0n) is 14.4. The van der Waals surface area contributed by atoms with Crippen LogP contribution in [0.2, 0.25) is 0 Å². The first kappa shape index (κ1) is 17.9. The third kappa shape index (κ3) is 5.30. The molecule has 0 saturated heterocycles. The van der Waals surface area contributed by atoms with Crippen LogP contribution in [0.3, 0.4) is 0 Å². The second kappa shape index (κ2) is 9.00. The fourth-order valence-electron chi connectivity index (χ4n) is 2.22. The van der Waals surface area contributed by atoms with Crippen LogP contribution in [0.1, 0.15) is 32.2 Å². The largest absolute Gasteiger partial charge is 0.347 e. The van der Waals surface area contributed by atoms with Crippen molar-refractivity contribution >= 4 is 18.0 Å². The molecule has 7 nitrogen and oxygen atoms in total. The first-order valence-corrected chi connectivity index (χ1v) is 8.26. The fraction of sp³-hybridized carbons (Fsp3) is 0.0500. The van der Waals surface area contributed by atoms with Crippen molar-refractivity contribution < 1.29 is 9.59 Å². The minimum absolute atomic E-state index is 0.0977. The van der Waals surface area contributed by atoms with Crippen LogP contribution in [-0.4, -0.2) is 28.0 Å². The van der Waals surface area contributed by atoms with Crippen molar-refractivity contribution in [2.75, 3.05) is 0 Å². The van der Waals surface area contributed by atoms with Gasteiger partial charge in [0.2, 0.25) is 0 Å². The highest BCUT2D eigenvalue weighted by Crippen LogP contribution is 2.02. The molecule has 2 aromatic heterocycles. The number of nitrogens with zero attached hydrogens (tertiary/aromatic N) is 3. The molecular formula is C20H17N5O2. The summed E-state index contributed by atoms with van der Waals surface area (Å²) in [7, 11) is 0. The second-order valence-corrected chi connectivity index (χ2v) is 5.53. The van der Waals surface area contributed by atoms with Gasteiger partial charge in [0.25, 0.3) is 11.8 Å². The average molecular weight is 359 g/mol. The molecule has 0 fully saturated rings. The van der Waals surface area contributed by atoms with Crippen molar-refractivity contribution in [1.29, 1.82) is 0 Å². The molecule has 27 heavy (non-hydrogen) atoms.